The van der Waals surface area contributed by atoms with E-state index in [1.807, 2.05) is 54.6 Å². The Labute approximate surface area is 129 Å². The third kappa shape index (κ3) is 2.99. The molecule has 3 heteroatoms. The van der Waals surface area contributed by atoms with Crippen LogP contribution in [-0.2, 0) is 0 Å². The smallest absolute Gasteiger partial charge is 0.117 e. The van der Waals surface area contributed by atoms with Crippen LogP contribution in [0.5, 0.6) is 5.75 Å². The van der Waals surface area contributed by atoms with Gasteiger partial charge >= 0.3 is 0 Å². The molecule has 3 rings (SSSR count). The first-order chi connectivity index (χ1) is 10.8. The molecule has 22 heavy (non-hydrogen) atoms. The van der Waals surface area contributed by atoms with Crippen molar-refractivity contribution in [2.75, 3.05) is 5.32 Å². The Hall–Kier alpha value is -3.07. The Morgan fingerprint density at radius 2 is 1.64 bits per heavy atom. The summed E-state index contributed by atoms with van der Waals surface area (Å²) in [5.74, 6) is 0.210. The molecule has 0 spiro atoms. The summed E-state index contributed by atoms with van der Waals surface area (Å²) in [7, 11) is 0. The largest absolute Gasteiger partial charge is 0.508 e. The van der Waals surface area contributed by atoms with Crippen molar-refractivity contribution >= 4 is 17.6 Å². The molecule has 0 fully saturated rings. The first-order valence-corrected chi connectivity index (χ1v) is 7.02. The first-order valence-electron chi connectivity index (χ1n) is 7.02. The maximum Gasteiger partial charge on any atom is 0.117 e. The minimum Gasteiger partial charge on any atom is -0.508 e. The highest BCUT2D eigenvalue weighted by atomic mass is 16.3. The van der Waals surface area contributed by atoms with Gasteiger partial charge in [0.2, 0.25) is 0 Å². The van der Waals surface area contributed by atoms with Crippen LogP contribution in [-0.4, -0.2) is 11.3 Å². The molecule has 3 N–H and O–H groups in total. The molecule has 0 atom stereocenters. The molecule has 0 bridgehead atoms. The summed E-state index contributed by atoms with van der Waals surface area (Å²) in [6.07, 6.45) is 1.33. The third-order valence-corrected chi connectivity index (χ3v) is 3.44. The molecule has 0 aliphatic rings. The van der Waals surface area contributed by atoms with Gasteiger partial charge in [-0.05, 0) is 35.4 Å². The summed E-state index contributed by atoms with van der Waals surface area (Å²) in [5.41, 5.74) is 4.61. The lowest BCUT2D eigenvalue weighted by atomic mass is 10.0. The van der Waals surface area contributed by atoms with E-state index in [0.717, 1.165) is 28.1 Å². The average molecular weight is 288 g/mol. The SMILES string of the molecule is N=Cc1cc(-c2ccccc2)ccc1Nc1cccc(O)c1. The van der Waals surface area contributed by atoms with Gasteiger partial charge in [0.25, 0.3) is 0 Å². The minimum absolute atomic E-state index is 0.210. The highest BCUT2D eigenvalue weighted by Gasteiger charge is 2.04. The number of aromatic hydroxyl groups is 1. The van der Waals surface area contributed by atoms with E-state index in [9.17, 15) is 5.11 Å². The van der Waals surface area contributed by atoms with Gasteiger partial charge in [-0.3, -0.25) is 0 Å². The van der Waals surface area contributed by atoms with Crippen molar-refractivity contribution in [1.29, 1.82) is 5.41 Å². The predicted molar refractivity (Wildman–Crippen MR) is 91.2 cm³/mol. The van der Waals surface area contributed by atoms with Crippen LogP contribution < -0.4 is 5.32 Å². The van der Waals surface area contributed by atoms with Gasteiger partial charge in [-0.25, -0.2) is 0 Å². The molecule has 0 aliphatic carbocycles. The van der Waals surface area contributed by atoms with E-state index in [4.69, 9.17) is 5.41 Å². The fourth-order valence-electron chi connectivity index (χ4n) is 2.35. The number of hydrogen-bond donors (Lipinski definition) is 3. The van der Waals surface area contributed by atoms with E-state index in [1.165, 1.54) is 6.21 Å². The summed E-state index contributed by atoms with van der Waals surface area (Å²) in [4.78, 5) is 0. The van der Waals surface area contributed by atoms with Crippen molar-refractivity contribution < 1.29 is 5.11 Å². The van der Waals surface area contributed by atoms with Crippen molar-refractivity contribution in [2.24, 2.45) is 0 Å². The van der Waals surface area contributed by atoms with Crippen LogP contribution in [0.1, 0.15) is 5.56 Å². The number of nitrogens with one attached hydrogen (secondary N) is 2. The molecule has 0 aromatic heterocycles. The highest BCUT2D eigenvalue weighted by molar-refractivity contribution is 5.90. The van der Waals surface area contributed by atoms with Crippen molar-refractivity contribution in [3.63, 3.8) is 0 Å². The number of phenols is 1. The summed E-state index contributed by atoms with van der Waals surface area (Å²) in [6, 6.07) is 23.0. The van der Waals surface area contributed by atoms with Crippen LogP contribution >= 0.6 is 0 Å². The van der Waals surface area contributed by atoms with Crippen LogP contribution in [0.3, 0.4) is 0 Å². The van der Waals surface area contributed by atoms with Crippen molar-refractivity contribution in [2.45, 2.75) is 0 Å². The predicted octanol–water partition coefficient (Wildman–Crippen LogP) is 4.80. The fraction of sp³-hybridized carbons (Fsp3) is 0. The molecule has 0 radical (unpaired) electrons. The zero-order valence-corrected chi connectivity index (χ0v) is 12.0. The number of anilines is 2. The highest BCUT2D eigenvalue weighted by Crippen LogP contribution is 2.27. The van der Waals surface area contributed by atoms with Gasteiger partial charge in [0.05, 0.1) is 0 Å². The van der Waals surface area contributed by atoms with E-state index < -0.39 is 0 Å². The van der Waals surface area contributed by atoms with Crippen LogP contribution in [0.2, 0.25) is 0 Å². The Kier molecular flexibility index (Phi) is 3.88. The fourth-order valence-corrected chi connectivity index (χ4v) is 2.35. The molecule has 3 aromatic carbocycles. The lowest BCUT2D eigenvalue weighted by Gasteiger charge is -2.11. The maximum absolute atomic E-state index is 9.53. The minimum atomic E-state index is 0.210. The van der Waals surface area contributed by atoms with Crippen LogP contribution in [0.15, 0.2) is 72.8 Å². The average Bonchev–Trinajstić information content (AvgIpc) is 2.56. The van der Waals surface area contributed by atoms with Gasteiger partial charge in [-0.2, -0.15) is 0 Å². The maximum atomic E-state index is 9.53. The van der Waals surface area contributed by atoms with E-state index >= 15 is 0 Å². The summed E-state index contributed by atoms with van der Waals surface area (Å²) in [6.45, 7) is 0. The number of benzene rings is 3. The van der Waals surface area contributed by atoms with Crippen molar-refractivity contribution in [1.82, 2.24) is 0 Å². The first kappa shape index (κ1) is 13.9. The zero-order valence-electron chi connectivity index (χ0n) is 12.0. The van der Waals surface area contributed by atoms with Gasteiger partial charge in [-0.15, -0.1) is 0 Å². The van der Waals surface area contributed by atoms with Crippen LogP contribution in [0, 0.1) is 5.41 Å². The molecule has 0 saturated carbocycles. The van der Waals surface area contributed by atoms with Gasteiger partial charge in [0, 0.05) is 29.2 Å². The molecular formula is C19H16N2O. The molecule has 0 aliphatic heterocycles. The molecule has 108 valence electrons. The zero-order chi connectivity index (χ0) is 15.4. The summed E-state index contributed by atoms with van der Waals surface area (Å²) >= 11 is 0. The monoisotopic (exact) mass is 288 g/mol. The Balaban J connectivity index is 1.94. The molecular weight excluding hydrogens is 272 g/mol. The van der Waals surface area contributed by atoms with Crippen LogP contribution in [0.25, 0.3) is 11.1 Å². The molecule has 0 amide bonds. The molecule has 0 saturated heterocycles. The lowest BCUT2D eigenvalue weighted by Crippen LogP contribution is -1.95. The van der Waals surface area contributed by atoms with Crippen LogP contribution in [0.4, 0.5) is 11.4 Å². The lowest BCUT2D eigenvalue weighted by molar-refractivity contribution is 0.475. The topological polar surface area (TPSA) is 56.1 Å². The van der Waals surface area contributed by atoms with Crippen molar-refractivity contribution in [3.8, 4) is 16.9 Å². The number of phenolic OH excluding ortho intramolecular Hbond substituents is 1. The number of hydrogen-bond acceptors (Lipinski definition) is 3. The van der Waals surface area contributed by atoms with E-state index in [1.54, 1.807) is 18.2 Å². The quantitative estimate of drug-likeness (QED) is 0.604. The Morgan fingerprint density at radius 3 is 2.36 bits per heavy atom. The normalized spacial score (nSPS) is 10.2. The van der Waals surface area contributed by atoms with E-state index in [2.05, 4.69) is 5.32 Å². The third-order valence-electron chi connectivity index (χ3n) is 3.44. The molecule has 3 nitrogen and oxygen atoms in total. The molecule has 3 aromatic rings. The summed E-state index contributed by atoms with van der Waals surface area (Å²) < 4.78 is 0. The summed E-state index contributed by atoms with van der Waals surface area (Å²) in [5, 5.41) is 20.4. The van der Waals surface area contributed by atoms with Gasteiger partial charge in [-0.1, -0.05) is 42.5 Å². The standard InChI is InChI=1S/C19H16N2O/c20-13-16-11-15(14-5-2-1-3-6-14)9-10-19(16)21-17-7-4-8-18(22)12-17/h1-13,20-22H. The van der Waals surface area contributed by atoms with E-state index in [0.29, 0.717) is 0 Å². The van der Waals surface area contributed by atoms with Gasteiger partial charge < -0.3 is 15.8 Å². The second kappa shape index (κ2) is 6.14. The molecule has 0 unspecified atom stereocenters. The molecule has 0 heterocycles. The Bertz CT molecular complexity index is 798. The van der Waals surface area contributed by atoms with Gasteiger partial charge in [0.1, 0.15) is 5.75 Å². The van der Waals surface area contributed by atoms with Gasteiger partial charge in [0.15, 0.2) is 0 Å². The number of rotatable bonds is 4. The Morgan fingerprint density at radius 1 is 0.818 bits per heavy atom. The second-order valence-corrected chi connectivity index (χ2v) is 4.99. The second-order valence-electron chi connectivity index (χ2n) is 4.99. The van der Waals surface area contributed by atoms with Crippen molar-refractivity contribution in [3.05, 3.63) is 78.4 Å². The van der Waals surface area contributed by atoms with E-state index in [-0.39, 0.29) is 5.75 Å².